The van der Waals surface area contributed by atoms with Gasteiger partial charge in [-0.2, -0.15) is 0 Å². The predicted octanol–water partition coefficient (Wildman–Crippen LogP) is 6.29. The standard InChI is InChI=1S/C28H24ClNO4/c1-3-13-33-20-11-9-19(10-12-20)25-24-26(31)21-15-22(29)17(2)14-23(21)34-27(24)28(32)30(25)16-18-7-5-4-6-8-18/h4-12,14-15,25H,3,13,16H2,1-2H3. The van der Waals surface area contributed by atoms with Crippen molar-refractivity contribution in [3.05, 3.63) is 110 Å². The van der Waals surface area contributed by atoms with E-state index in [4.69, 9.17) is 20.8 Å². The molecule has 1 aromatic heterocycles. The van der Waals surface area contributed by atoms with Crippen molar-refractivity contribution in [1.82, 2.24) is 4.90 Å². The molecule has 0 saturated heterocycles. The smallest absolute Gasteiger partial charge is 0.291 e. The molecular weight excluding hydrogens is 450 g/mol. The zero-order valence-corrected chi connectivity index (χ0v) is 19.8. The average Bonchev–Trinajstić information content (AvgIpc) is 3.12. The summed E-state index contributed by atoms with van der Waals surface area (Å²) in [7, 11) is 0. The number of benzene rings is 3. The molecule has 1 aliphatic heterocycles. The minimum Gasteiger partial charge on any atom is -0.494 e. The lowest BCUT2D eigenvalue weighted by molar-refractivity contribution is 0.0714. The Morgan fingerprint density at radius 1 is 1.03 bits per heavy atom. The maximum absolute atomic E-state index is 13.7. The van der Waals surface area contributed by atoms with Gasteiger partial charge < -0.3 is 14.1 Å². The summed E-state index contributed by atoms with van der Waals surface area (Å²) in [6.45, 7) is 4.86. The number of nitrogens with zero attached hydrogens (tertiary/aromatic N) is 1. The number of hydrogen-bond acceptors (Lipinski definition) is 4. The molecule has 3 aromatic carbocycles. The van der Waals surface area contributed by atoms with Gasteiger partial charge in [-0.3, -0.25) is 9.59 Å². The highest BCUT2D eigenvalue weighted by atomic mass is 35.5. The summed E-state index contributed by atoms with van der Waals surface area (Å²) < 4.78 is 11.8. The third-order valence-electron chi connectivity index (χ3n) is 6.11. The van der Waals surface area contributed by atoms with Crippen molar-refractivity contribution in [1.29, 1.82) is 0 Å². The molecule has 6 heteroatoms. The van der Waals surface area contributed by atoms with E-state index in [0.29, 0.717) is 34.7 Å². The fourth-order valence-corrected chi connectivity index (χ4v) is 4.56. The number of ether oxygens (including phenoxy) is 1. The van der Waals surface area contributed by atoms with Gasteiger partial charge in [0.1, 0.15) is 11.3 Å². The fourth-order valence-electron chi connectivity index (χ4n) is 4.40. The minimum atomic E-state index is -0.580. The van der Waals surface area contributed by atoms with Gasteiger partial charge in [0, 0.05) is 11.6 Å². The molecule has 1 aliphatic rings. The van der Waals surface area contributed by atoms with Crippen LogP contribution in [-0.4, -0.2) is 17.4 Å². The van der Waals surface area contributed by atoms with Crippen LogP contribution in [0.1, 0.15) is 52.2 Å². The van der Waals surface area contributed by atoms with Gasteiger partial charge in [-0.1, -0.05) is 61.0 Å². The molecule has 0 aliphatic carbocycles. The van der Waals surface area contributed by atoms with Gasteiger partial charge in [0.2, 0.25) is 5.76 Å². The van der Waals surface area contributed by atoms with Crippen molar-refractivity contribution in [3.8, 4) is 5.75 Å². The second kappa shape index (κ2) is 8.99. The van der Waals surface area contributed by atoms with E-state index in [1.165, 1.54) is 0 Å². The molecule has 1 unspecified atom stereocenters. The summed E-state index contributed by atoms with van der Waals surface area (Å²) in [5, 5.41) is 0.857. The zero-order chi connectivity index (χ0) is 23.8. The zero-order valence-electron chi connectivity index (χ0n) is 19.0. The molecular formula is C28H24ClNO4. The molecule has 34 heavy (non-hydrogen) atoms. The molecule has 0 radical (unpaired) electrons. The number of aryl methyl sites for hydroxylation is 1. The summed E-state index contributed by atoms with van der Waals surface area (Å²) in [5.74, 6) is 0.533. The number of halogens is 1. The van der Waals surface area contributed by atoms with Gasteiger partial charge in [-0.15, -0.1) is 0 Å². The Morgan fingerprint density at radius 3 is 2.47 bits per heavy atom. The first kappa shape index (κ1) is 22.2. The van der Waals surface area contributed by atoms with Crippen LogP contribution < -0.4 is 10.2 Å². The van der Waals surface area contributed by atoms with Crippen molar-refractivity contribution >= 4 is 28.5 Å². The van der Waals surface area contributed by atoms with Crippen LogP contribution in [0.15, 0.2) is 75.9 Å². The van der Waals surface area contributed by atoms with E-state index in [2.05, 4.69) is 0 Å². The molecule has 1 amide bonds. The van der Waals surface area contributed by atoms with Crippen molar-refractivity contribution < 1.29 is 13.9 Å². The van der Waals surface area contributed by atoms with E-state index >= 15 is 0 Å². The van der Waals surface area contributed by atoms with Crippen molar-refractivity contribution in [2.45, 2.75) is 32.9 Å². The summed E-state index contributed by atoms with van der Waals surface area (Å²) >= 11 is 6.32. The van der Waals surface area contributed by atoms with E-state index in [1.807, 2.05) is 68.4 Å². The number of hydrogen-bond donors (Lipinski definition) is 0. The first-order valence-corrected chi connectivity index (χ1v) is 11.7. The molecule has 1 atom stereocenters. The SMILES string of the molecule is CCCOc1ccc(C2c3c(oc4cc(C)c(Cl)cc4c3=O)C(=O)N2Cc2ccccc2)cc1. The second-order valence-corrected chi connectivity index (χ2v) is 8.92. The van der Waals surface area contributed by atoms with E-state index < -0.39 is 6.04 Å². The van der Waals surface area contributed by atoms with Gasteiger partial charge in [-0.05, 0) is 54.3 Å². The molecule has 0 N–H and O–H groups in total. The topological polar surface area (TPSA) is 59.8 Å². The maximum Gasteiger partial charge on any atom is 0.291 e. The lowest BCUT2D eigenvalue weighted by atomic mass is 9.98. The highest BCUT2D eigenvalue weighted by Gasteiger charge is 2.42. The number of carbonyl (C=O) groups is 1. The summed E-state index contributed by atoms with van der Waals surface area (Å²) in [5.41, 5.74) is 3.03. The highest BCUT2D eigenvalue weighted by Crippen LogP contribution is 2.40. The molecule has 0 spiro atoms. The van der Waals surface area contributed by atoms with Crippen LogP contribution >= 0.6 is 11.6 Å². The van der Waals surface area contributed by atoms with E-state index in [-0.39, 0.29) is 17.1 Å². The Labute approximate surface area is 202 Å². The summed E-state index contributed by atoms with van der Waals surface area (Å²) in [6, 6.07) is 20.0. The van der Waals surface area contributed by atoms with Crippen LogP contribution in [0.5, 0.6) is 5.75 Å². The Hall–Kier alpha value is -3.57. The van der Waals surface area contributed by atoms with Crippen molar-refractivity contribution in [3.63, 3.8) is 0 Å². The highest BCUT2D eigenvalue weighted by molar-refractivity contribution is 6.32. The Kier molecular flexibility index (Phi) is 5.88. The molecule has 5 nitrogen and oxygen atoms in total. The quantitative estimate of drug-likeness (QED) is 0.330. The van der Waals surface area contributed by atoms with Gasteiger partial charge >= 0.3 is 0 Å². The summed E-state index contributed by atoms with van der Waals surface area (Å²) in [4.78, 5) is 29.0. The first-order valence-electron chi connectivity index (χ1n) is 11.3. The summed E-state index contributed by atoms with van der Waals surface area (Å²) in [6.07, 6.45) is 0.910. The molecule has 0 bridgehead atoms. The first-order chi connectivity index (χ1) is 16.5. The molecule has 172 valence electrons. The van der Waals surface area contributed by atoms with Crippen molar-refractivity contribution in [2.24, 2.45) is 0 Å². The molecule has 0 fully saturated rings. The maximum atomic E-state index is 13.7. The number of fused-ring (bicyclic) bond motifs is 2. The predicted molar refractivity (Wildman–Crippen MR) is 133 cm³/mol. The Morgan fingerprint density at radius 2 is 1.76 bits per heavy atom. The van der Waals surface area contributed by atoms with Crippen LogP contribution in [0.2, 0.25) is 5.02 Å². The van der Waals surface area contributed by atoms with E-state index in [1.54, 1.807) is 17.0 Å². The van der Waals surface area contributed by atoms with E-state index in [0.717, 1.165) is 28.9 Å². The van der Waals surface area contributed by atoms with Gasteiger partial charge in [0.05, 0.1) is 23.6 Å². The van der Waals surface area contributed by atoms with Gasteiger partial charge in [0.15, 0.2) is 5.43 Å². The monoisotopic (exact) mass is 473 g/mol. The molecule has 4 aromatic rings. The largest absolute Gasteiger partial charge is 0.494 e. The van der Waals surface area contributed by atoms with Crippen LogP contribution in [0, 0.1) is 6.92 Å². The van der Waals surface area contributed by atoms with Crippen LogP contribution in [0.3, 0.4) is 0 Å². The minimum absolute atomic E-state index is 0.0893. The third-order valence-corrected chi connectivity index (χ3v) is 6.52. The van der Waals surface area contributed by atoms with Gasteiger partial charge in [-0.25, -0.2) is 0 Å². The molecule has 2 heterocycles. The third kappa shape index (κ3) is 3.86. The Balaban J connectivity index is 1.67. The number of amides is 1. The second-order valence-electron chi connectivity index (χ2n) is 8.51. The normalized spacial score (nSPS) is 15.1. The lowest BCUT2D eigenvalue weighted by Gasteiger charge is -2.25. The average molecular weight is 474 g/mol. The number of carbonyl (C=O) groups excluding carboxylic acids is 1. The van der Waals surface area contributed by atoms with Crippen LogP contribution in [0.4, 0.5) is 0 Å². The number of rotatable bonds is 6. The van der Waals surface area contributed by atoms with Crippen LogP contribution in [0.25, 0.3) is 11.0 Å². The van der Waals surface area contributed by atoms with Gasteiger partial charge in [0.25, 0.3) is 5.91 Å². The Bertz CT molecular complexity index is 1430. The van der Waals surface area contributed by atoms with E-state index in [9.17, 15) is 9.59 Å². The lowest BCUT2D eigenvalue weighted by Crippen LogP contribution is -2.29. The van der Waals surface area contributed by atoms with Crippen molar-refractivity contribution in [2.75, 3.05) is 6.61 Å². The fraction of sp³-hybridized carbons (Fsp3) is 0.214. The van der Waals surface area contributed by atoms with Crippen LogP contribution in [-0.2, 0) is 6.54 Å². The molecule has 0 saturated carbocycles. The molecule has 5 rings (SSSR count).